The van der Waals surface area contributed by atoms with Crippen molar-refractivity contribution in [3.63, 3.8) is 0 Å². The molecule has 0 unspecified atom stereocenters. The molecule has 0 atom stereocenters. The summed E-state index contributed by atoms with van der Waals surface area (Å²) in [5.74, 6) is 1.17. The maximum absolute atomic E-state index is 12.7. The molecule has 0 aromatic heterocycles. The predicted octanol–water partition coefficient (Wildman–Crippen LogP) is 7.92. The van der Waals surface area contributed by atoms with Crippen molar-refractivity contribution in [2.24, 2.45) is 0 Å². The second-order valence-electron chi connectivity index (χ2n) is 9.90. The van der Waals surface area contributed by atoms with Crippen LogP contribution in [0.15, 0.2) is 91.0 Å². The largest absolute Gasteiger partial charge is 0.453 e. The first-order valence-electron chi connectivity index (χ1n) is 12.6. The molecule has 0 radical (unpaired) electrons. The van der Waals surface area contributed by atoms with Gasteiger partial charge in [-0.05, 0) is 95.4 Å². The van der Waals surface area contributed by atoms with Gasteiger partial charge < -0.3 is 9.64 Å². The normalized spacial score (nSPS) is 13.9. The highest BCUT2D eigenvalue weighted by Gasteiger charge is 2.35. The third-order valence-electron chi connectivity index (χ3n) is 7.67. The molecule has 0 aliphatic carbocycles. The Kier molecular flexibility index (Phi) is 4.73. The number of amides is 2. The zero-order chi connectivity index (χ0) is 26.1. The molecule has 0 N–H and O–H groups in total. The number of fused-ring (bicyclic) bond motifs is 4. The van der Waals surface area contributed by atoms with Crippen LogP contribution in [0.1, 0.15) is 31.8 Å². The number of imide groups is 1. The van der Waals surface area contributed by atoms with Crippen molar-refractivity contribution in [3.05, 3.63) is 113 Å². The van der Waals surface area contributed by atoms with Crippen molar-refractivity contribution in [1.29, 1.82) is 0 Å². The number of nitrogens with zero attached hydrogens (tertiary/aromatic N) is 2. The Balaban J connectivity index is 1.36. The van der Waals surface area contributed by atoms with E-state index in [1.807, 2.05) is 49.4 Å². The maximum atomic E-state index is 12.7. The summed E-state index contributed by atoms with van der Waals surface area (Å²) in [7, 11) is 1.53. The topological polar surface area (TPSA) is 49.9 Å². The minimum atomic E-state index is -0.243. The van der Waals surface area contributed by atoms with E-state index in [0.29, 0.717) is 11.1 Å². The Morgan fingerprint density at radius 1 is 0.684 bits per heavy atom. The van der Waals surface area contributed by atoms with Gasteiger partial charge in [-0.1, -0.05) is 42.5 Å². The number of hydrogen-bond acceptors (Lipinski definition) is 4. The van der Waals surface area contributed by atoms with Crippen LogP contribution in [0.25, 0.3) is 21.9 Å². The average molecular weight is 497 g/mol. The summed E-state index contributed by atoms with van der Waals surface area (Å²) in [4.78, 5) is 28.6. The standard InChI is InChI=1S/C33H24N2O3/c1-19-16-23(35-27-8-4-6-10-29(27)38-30-11-7-5-9-28(30)35)17-21-12-13-22(18-26(19)21)24-14-15-25-31(20(24)2)33(37)34(3)32(25)36/h4-18H,1-3H3. The van der Waals surface area contributed by atoms with E-state index in [-0.39, 0.29) is 11.8 Å². The smallest absolute Gasteiger partial charge is 0.261 e. The first kappa shape index (κ1) is 22.3. The van der Waals surface area contributed by atoms with Gasteiger partial charge >= 0.3 is 0 Å². The molecular weight excluding hydrogens is 472 g/mol. The monoisotopic (exact) mass is 496 g/mol. The summed E-state index contributed by atoms with van der Waals surface area (Å²) >= 11 is 0. The van der Waals surface area contributed by atoms with Crippen LogP contribution in [0.4, 0.5) is 17.1 Å². The quantitative estimate of drug-likeness (QED) is 0.229. The number of para-hydroxylation sites is 4. The highest BCUT2D eigenvalue weighted by Crippen LogP contribution is 2.50. The Morgan fingerprint density at radius 3 is 2.05 bits per heavy atom. The van der Waals surface area contributed by atoms with Crippen molar-refractivity contribution < 1.29 is 14.3 Å². The lowest BCUT2D eigenvalue weighted by molar-refractivity contribution is 0.0693. The molecule has 0 fully saturated rings. The first-order valence-corrected chi connectivity index (χ1v) is 12.6. The number of benzene rings is 5. The van der Waals surface area contributed by atoms with E-state index in [2.05, 4.69) is 54.3 Å². The number of ether oxygens (including phenoxy) is 1. The Hall–Kier alpha value is -4.90. The van der Waals surface area contributed by atoms with Gasteiger partial charge in [-0.2, -0.15) is 0 Å². The molecule has 7 rings (SSSR count). The summed E-state index contributed by atoms with van der Waals surface area (Å²) in [6, 6.07) is 30.7. The van der Waals surface area contributed by atoms with E-state index in [1.165, 1.54) is 11.9 Å². The fourth-order valence-corrected chi connectivity index (χ4v) is 5.72. The molecule has 5 aromatic rings. The second-order valence-corrected chi connectivity index (χ2v) is 9.90. The molecule has 2 aliphatic heterocycles. The van der Waals surface area contributed by atoms with Crippen LogP contribution in [-0.4, -0.2) is 23.8 Å². The Labute approximate surface area is 220 Å². The number of anilines is 3. The number of hydrogen-bond donors (Lipinski definition) is 0. The molecule has 0 saturated heterocycles. The zero-order valence-electron chi connectivity index (χ0n) is 21.3. The molecule has 0 spiro atoms. The zero-order valence-corrected chi connectivity index (χ0v) is 21.3. The summed E-state index contributed by atoms with van der Waals surface area (Å²) in [6.45, 7) is 4.05. The van der Waals surface area contributed by atoms with Gasteiger partial charge in [0, 0.05) is 12.7 Å². The van der Waals surface area contributed by atoms with Gasteiger partial charge in [0.05, 0.1) is 22.5 Å². The van der Waals surface area contributed by atoms with E-state index >= 15 is 0 Å². The summed E-state index contributed by atoms with van der Waals surface area (Å²) in [6.07, 6.45) is 0. The van der Waals surface area contributed by atoms with E-state index in [9.17, 15) is 9.59 Å². The number of carbonyl (C=O) groups is 2. The van der Waals surface area contributed by atoms with Crippen LogP contribution in [0, 0.1) is 13.8 Å². The van der Waals surface area contributed by atoms with Crippen molar-refractivity contribution >= 4 is 39.6 Å². The van der Waals surface area contributed by atoms with Crippen LogP contribution in [0.2, 0.25) is 0 Å². The molecular formula is C33H24N2O3. The predicted molar refractivity (Wildman–Crippen MR) is 150 cm³/mol. The van der Waals surface area contributed by atoms with Crippen LogP contribution in [-0.2, 0) is 0 Å². The van der Waals surface area contributed by atoms with E-state index in [4.69, 9.17) is 4.74 Å². The molecule has 38 heavy (non-hydrogen) atoms. The molecule has 0 bridgehead atoms. The van der Waals surface area contributed by atoms with E-state index < -0.39 is 0 Å². The molecule has 2 aliphatic rings. The molecule has 5 nitrogen and oxygen atoms in total. The summed E-state index contributed by atoms with van der Waals surface area (Å²) in [5.41, 5.74) is 8.00. The van der Waals surface area contributed by atoms with Gasteiger partial charge in [0.15, 0.2) is 11.5 Å². The van der Waals surface area contributed by atoms with Gasteiger partial charge in [0.25, 0.3) is 11.8 Å². The van der Waals surface area contributed by atoms with Crippen molar-refractivity contribution in [2.45, 2.75) is 13.8 Å². The molecule has 5 heteroatoms. The lowest BCUT2D eigenvalue weighted by Crippen LogP contribution is -2.24. The average Bonchev–Trinajstić information content (AvgIpc) is 3.16. The number of carbonyl (C=O) groups excluding carboxylic acids is 2. The number of aryl methyl sites for hydroxylation is 1. The van der Waals surface area contributed by atoms with Gasteiger partial charge in [-0.25, -0.2) is 0 Å². The minimum Gasteiger partial charge on any atom is -0.453 e. The van der Waals surface area contributed by atoms with Crippen LogP contribution in [0.5, 0.6) is 11.5 Å². The van der Waals surface area contributed by atoms with Crippen LogP contribution < -0.4 is 9.64 Å². The molecule has 5 aromatic carbocycles. The SMILES string of the molecule is Cc1c(-c2ccc3cc(N4c5ccccc5Oc5ccccc54)cc(C)c3c2)ccc2c1C(=O)N(C)C2=O. The van der Waals surface area contributed by atoms with Gasteiger partial charge in [0.2, 0.25) is 0 Å². The highest BCUT2D eigenvalue weighted by molar-refractivity contribution is 6.22. The fraction of sp³-hybridized carbons (Fsp3) is 0.0909. The van der Waals surface area contributed by atoms with Gasteiger partial charge in [-0.15, -0.1) is 0 Å². The second kappa shape index (κ2) is 8.05. The Bertz CT molecular complexity index is 1790. The first-order chi connectivity index (χ1) is 18.4. The summed E-state index contributed by atoms with van der Waals surface area (Å²) in [5, 5.41) is 2.26. The number of rotatable bonds is 2. The molecule has 184 valence electrons. The molecule has 0 saturated carbocycles. The lowest BCUT2D eigenvalue weighted by atomic mass is 9.91. The van der Waals surface area contributed by atoms with E-state index in [1.54, 1.807) is 6.07 Å². The molecule has 2 heterocycles. The van der Waals surface area contributed by atoms with Crippen molar-refractivity contribution in [1.82, 2.24) is 4.90 Å². The summed E-state index contributed by atoms with van der Waals surface area (Å²) < 4.78 is 6.19. The Morgan fingerprint density at radius 2 is 1.34 bits per heavy atom. The third-order valence-corrected chi connectivity index (χ3v) is 7.67. The van der Waals surface area contributed by atoms with E-state index in [0.717, 1.165) is 61.6 Å². The fourth-order valence-electron chi connectivity index (χ4n) is 5.72. The molecule has 2 amide bonds. The van der Waals surface area contributed by atoms with Crippen LogP contribution in [0.3, 0.4) is 0 Å². The lowest BCUT2D eigenvalue weighted by Gasteiger charge is -2.33. The van der Waals surface area contributed by atoms with Gasteiger partial charge in [0.1, 0.15) is 0 Å². The van der Waals surface area contributed by atoms with Gasteiger partial charge in [-0.3, -0.25) is 14.5 Å². The van der Waals surface area contributed by atoms with Crippen molar-refractivity contribution in [3.8, 4) is 22.6 Å². The van der Waals surface area contributed by atoms with Crippen molar-refractivity contribution in [2.75, 3.05) is 11.9 Å². The highest BCUT2D eigenvalue weighted by atomic mass is 16.5. The maximum Gasteiger partial charge on any atom is 0.261 e. The minimum absolute atomic E-state index is 0.239. The van der Waals surface area contributed by atoms with Crippen LogP contribution >= 0.6 is 0 Å². The third kappa shape index (κ3) is 3.12.